The molecule has 3 aromatic carbocycles. The van der Waals surface area contributed by atoms with Crippen LogP contribution in [0.25, 0.3) is 22.5 Å². The lowest BCUT2D eigenvalue weighted by atomic mass is 9.77. The highest BCUT2D eigenvalue weighted by Crippen LogP contribution is 2.33. The summed E-state index contributed by atoms with van der Waals surface area (Å²) in [4.78, 5) is 38.9. The third-order valence-electron chi connectivity index (χ3n) is 8.18. The Balaban J connectivity index is 1.36. The molecule has 43 heavy (non-hydrogen) atoms. The number of nitrogens with two attached hydrogens (primary N) is 2. The van der Waals surface area contributed by atoms with Crippen LogP contribution in [0.15, 0.2) is 66.7 Å². The van der Waals surface area contributed by atoms with E-state index in [4.69, 9.17) is 23.1 Å². The highest BCUT2D eigenvalue weighted by molar-refractivity contribution is 6.33. The maximum atomic E-state index is 13.7. The van der Waals surface area contributed by atoms with Crippen LogP contribution in [0.3, 0.4) is 0 Å². The van der Waals surface area contributed by atoms with E-state index in [0.717, 1.165) is 42.4 Å². The number of Topliss-reactive ketones (excluding diaryl/α,β-unsaturated/α-hetero) is 1. The van der Waals surface area contributed by atoms with Gasteiger partial charge in [0, 0.05) is 45.7 Å². The summed E-state index contributed by atoms with van der Waals surface area (Å²) < 4.78 is 0. The van der Waals surface area contributed by atoms with Crippen LogP contribution in [0.5, 0.6) is 0 Å². The topological polar surface area (TPSA) is 170 Å². The van der Waals surface area contributed by atoms with Gasteiger partial charge in [0.2, 0.25) is 17.6 Å². The molecule has 1 heterocycles. The minimum atomic E-state index is -0.598. The lowest BCUT2D eigenvalue weighted by Crippen LogP contribution is -2.31. The van der Waals surface area contributed by atoms with Crippen LogP contribution >= 0.6 is 11.6 Å². The SMILES string of the molecule is NCC1CCC(C(=O)C[C@@H](Cc2cccc(-c3cc(C(N)=O)ccc3Cl)c2)C(=O)Nc2ccc(-c3nn[nH]n3)cc2)CC1. The largest absolute Gasteiger partial charge is 0.366 e. The number of hydrogen-bond acceptors (Lipinski definition) is 7. The maximum Gasteiger partial charge on any atom is 0.248 e. The summed E-state index contributed by atoms with van der Waals surface area (Å²) in [6.45, 7) is 0.639. The number of hydrogen-bond donors (Lipinski definition) is 4. The van der Waals surface area contributed by atoms with Crippen molar-refractivity contribution in [2.24, 2.45) is 29.2 Å². The molecule has 0 aliphatic heterocycles. The summed E-state index contributed by atoms with van der Waals surface area (Å²) in [5.41, 5.74) is 15.3. The van der Waals surface area contributed by atoms with Crippen LogP contribution in [0.2, 0.25) is 5.02 Å². The number of carbonyl (C=O) groups is 3. The van der Waals surface area contributed by atoms with Crippen LogP contribution in [0.1, 0.15) is 48.0 Å². The zero-order valence-electron chi connectivity index (χ0n) is 23.6. The first-order valence-corrected chi connectivity index (χ1v) is 14.7. The number of nitrogens with one attached hydrogen (secondary N) is 2. The average Bonchev–Trinajstić information content (AvgIpc) is 3.56. The number of tetrazole rings is 1. The van der Waals surface area contributed by atoms with Crippen LogP contribution in [0.4, 0.5) is 5.69 Å². The van der Waals surface area contributed by atoms with Crippen molar-refractivity contribution in [3.8, 4) is 22.5 Å². The van der Waals surface area contributed by atoms with E-state index < -0.39 is 11.8 Å². The number of carbonyl (C=O) groups excluding carboxylic acids is 3. The van der Waals surface area contributed by atoms with Crippen molar-refractivity contribution in [2.75, 3.05) is 11.9 Å². The van der Waals surface area contributed by atoms with E-state index >= 15 is 0 Å². The van der Waals surface area contributed by atoms with Crippen molar-refractivity contribution in [2.45, 2.75) is 38.5 Å². The molecule has 1 aliphatic carbocycles. The monoisotopic (exact) mass is 599 g/mol. The van der Waals surface area contributed by atoms with Gasteiger partial charge in [-0.25, -0.2) is 0 Å². The summed E-state index contributed by atoms with van der Waals surface area (Å²) in [6.07, 6.45) is 3.95. The Morgan fingerprint density at radius 1 is 0.977 bits per heavy atom. The Morgan fingerprint density at radius 3 is 2.42 bits per heavy atom. The van der Waals surface area contributed by atoms with Gasteiger partial charge in [0.15, 0.2) is 0 Å². The highest BCUT2D eigenvalue weighted by atomic mass is 35.5. The molecule has 2 amide bonds. The van der Waals surface area contributed by atoms with Gasteiger partial charge in [0.25, 0.3) is 0 Å². The van der Waals surface area contributed by atoms with Gasteiger partial charge in [-0.15, -0.1) is 10.2 Å². The van der Waals surface area contributed by atoms with Crippen molar-refractivity contribution in [3.63, 3.8) is 0 Å². The number of anilines is 1. The first kappa shape index (κ1) is 30.1. The number of aromatic amines is 1. The Hall–Kier alpha value is -4.41. The molecule has 6 N–H and O–H groups in total. The number of H-pyrrole nitrogens is 1. The predicted molar refractivity (Wildman–Crippen MR) is 165 cm³/mol. The van der Waals surface area contributed by atoms with Crippen molar-refractivity contribution in [3.05, 3.63) is 82.9 Å². The molecule has 0 unspecified atom stereocenters. The van der Waals surface area contributed by atoms with Crippen molar-refractivity contribution < 1.29 is 14.4 Å². The molecular weight excluding hydrogens is 566 g/mol. The molecule has 222 valence electrons. The summed E-state index contributed by atoms with van der Waals surface area (Å²) in [6, 6.07) is 19.6. The Morgan fingerprint density at radius 2 is 1.74 bits per heavy atom. The van der Waals surface area contributed by atoms with Crippen molar-refractivity contribution in [1.82, 2.24) is 20.6 Å². The standard InChI is InChI=1S/C32H34ClN7O3/c33-28-13-10-24(30(35)42)16-27(28)23-3-1-2-20(14-23)15-25(17-29(41)21-6-4-19(18-34)5-7-21)32(43)36-26-11-8-22(9-12-26)31-37-39-40-38-31/h1-3,8-14,16,19,21,25H,4-7,15,17-18,34H2,(H2,35,42)(H,36,43)(H,37,38,39,40)/t19?,21?,25-/m1/s1. The van der Waals surface area contributed by atoms with Gasteiger partial charge in [0.1, 0.15) is 5.78 Å². The zero-order valence-corrected chi connectivity index (χ0v) is 24.4. The fraction of sp³-hybridized carbons (Fsp3) is 0.312. The molecule has 0 spiro atoms. The molecule has 1 aromatic heterocycles. The molecule has 1 fully saturated rings. The van der Waals surface area contributed by atoms with Gasteiger partial charge in [-0.1, -0.05) is 35.9 Å². The van der Waals surface area contributed by atoms with Gasteiger partial charge >= 0.3 is 0 Å². The number of rotatable bonds is 11. The molecular formula is C32H34ClN7O3. The van der Waals surface area contributed by atoms with E-state index in [1.807, 2.05) is 24.3 Å². The van der Waals surface area contributed by atoms with Crippen LogP contribution in [-0.4, -0.2) is 44.8 Å². The molecule has 4 aromatic rings. The predicted octanol–water partition coefficient (Wildman–Crippen LogP) is 4.81. The number of benzene rings is 3. The van der Waals surface area contributed by atoms with Crippen LogP contribution < -0.4 is 16.8 Å². The molecule has 0 radical (unpaired) electrons. The molecule has 11 heteroatoms. The lowest BCUT2D eigenvalue weighted by Gasteiger charge is -2.27. The molecule has 1 saturated carbocycles. The van der Waals surface area contributed by atoms with Gasteiger partial charge in [0.05, 0.1) is 0 Å². The fourth-order valence-corrected chi connectivity index (χ4v) is 5.90. The van der Waals surface area contributed by atoms with Gasteiger partial charge in [-0.3, -0.25) is 14.4 Å². The van der Waals surface area contributed by atoms with E-state index in [0.29, 0.717) is 46.5 Å². The van der Waals surface area contributed by atoms with E-state index in [9.17, 15) is 14.4 Å². The van der Waals surface area contributed by atoms with Crippen molar-refractivity contribution >= 4 is 34.9 Å². The first-order valence-electron chi connectivity index (χ1n) is 14.4. The maximum absolute atomic E-state index is 13.7. The van der Waals surface area contributed by atoms with Crippen LogP contribution in [0, 0.1) is 17.8 Å². The minimum absolute atomic E-state index is 0.0611. The fourth-order valence-electron chi connectivity index (χ4n) is 5.67. The summed E-state index contributed by atoms with van der Waals surface area (Å²) in [7, 11) is 0. The Bertz CT molecular complexity index is 1580. The van der Waals surface area contributed by atoms with Gasteiger partial charge in [-0.05, 0) is 103 Å². The molecule has 5 rings (SSSR count). The van der Waals surface area contributed by atoms with E-state index in [1.54, 1.807) is 42.5 Å². The van der Waals surface area contributed by atoms with E-state index in [1.165, 1.54) is 0 Å². The number of nitrogens with zero attached hydrogens (tertiary/aromatic N) is 3. The normalized spacial score (nSPS) is 17.3. The minimum Gasteiger partial charge on any atom is -0.366 e. The first-order chi connectivity index (χ1) is 20.8. The Kier molecular flexibility index (Phi) is 9.58. The highest BCUT2D eigenvalue weighted by Gasteiger charge is 2.30. The van der Waals surface area contributed by atoms with Gasteiger partial charge < -0.3 is 16.8 Å². The second-order valence-electron chi connectivity index (χ2n) is 11.1. The van der Waals surface area contributed by atoms with E-state index in [-0.39, 0.29) is 24.0 Å². The third kappa shape index (κ3) is 7.52. The number of ketones is 1. The number of aromatic nitrogens is 4. The summed E-state index contributed by atoms with van der Waals surface area (Å²) in [5.74, 6) is -0.427. The lowest BCUT2D eigenvalue weighted by molar-refractivity contribution is -0.129. The molecule has 10 nitrogen and oxygen atoms in total. The van der Waals surface area contributed by atoms with Gasteiger partial charge in [-0.2, -0.15) is 5.21 Å². The zero-order chi connectivity index (χ0) is 30.3. The smallest absolute Gasteiger partial charge is 0.248 e. The molecule has 1 atom stereocenters. The summed E-state index contributed by atoms with van der Waals surface area (Å²) >= 11 is 6.47. The van der Waals surface area contributed by atoms with Crippen molar-refractivity contribution in [1.29, 1.82) is 0 Å². The second-order valence-corrected chi connectivity index (χ2v) is 11.5. The third-order valence-corrected chi connectivity index (χ3v) is 8.51. The van der Waals surface area contributed by atoms with E-state index in [2.05, 4.69) is 25.9 Å². The molecule has 0 bridgehead atoms. The molecule has 1 aliphatic rings. The second kappa shape index (κ2) is 13.7. The number of primary amides is 1. The average molecular weight is 600 g/mol. The quantitative estimate of drug-likeness (QED) is 0.192. The molecule has 0 saturated heterocycles. The number of amides is 2. The Labute approximate surface area is 254 Å². The van der Waals surface area contributed by atoms with Crippen LogP contribution in [-0.2, 0) is 16.0 Å². The number of halogens is 1. The summed E-state index contributed by atoms with van der Waals surface area (Å²) in [5, 5.41) is 17.4.